The maximum atomic E-state index is 12.2. The zero-order valence-corrected chi connectivity index (χ0v) is 11.5. The topological polar surface area (TPSA) is 38.3 Å². The van der Waals surface area contributed by atoms with Crippen molar-refractivity contribution in [2.24, 2.45) is 0 Å². The molecule has 1 N–H and O–H groups in total. The van der Waals surface area contributed by atoms with Crippen LogP contribution in [0.4, 0.5) is 5.69 Å². The normalized spacial score (nSPS) is 10.1. The lowest BCUT2D eigenvalue weighted by Gasteiger charge is -2.11. The van der Waals surface area contributed by atoms with Crippen LogP contribution < -0.4 is 10.1 Å². The molecule has 0 atom stereocenters. The van der Waals surface area contributed by atoms with Crippen molar-refractivity contribution in [3.05, 3.63) is 58.6 Å². The fourth-order valence-corrected chi connectivity index (χ4v) is 1.98. The number of carbonyl (C=O) groups excluding carboxylic acids is 1. The Morgan fingerprint density at radius 3 is 2.63 bits per heavy atom. The van der Waals surface area contributed by atoms with Gasteiger partial charge in [-0.15, -0.1) is 0 Å². The average molecular weight is 276 g/mol. The van der Waals surface area contributed by atoms with Gasteiger partial charge in [-0.2, -0.15) is 0 Å². The molecule has 0 radical (unpaired) electrons. The first-order valence-electron chi connectivity index (χ1n) is 5.82. The van der Waals surface area contributed by atoms with Crippen LogP contribution in [-0.2, 0) is 0 Å². The van der Waals surface area contributed by atoms with Gasteiger partial charge in [-0.1, -0.05) is 29.8 Å². The van der Waals surface area contributed by atoms with Crippen molar-refractivity contribution in [3.63, 3.8) is 0 Å². The molecule has 19 heavy (non-hydrogen) atoms. The minimum atomic E-state index is -0.255. The first kappa shape index (κ1) is 13.4. The lowest BCUT2D eigenvalue weighted by Crippen LogP contribution is -2.13. The van der Waals surface area contributed by atoms with E-state index in [2.05, 4.69) is 5.32 Å². The highest BCUT2D eigenvalue weighted by Crippen LogP contribution is 2.26. The number of ether oxygens (including phenoxy) is 1. The van der Waals surface area contributed by atoms with Crippen molar-refractivity contribution in [3.8, 4) is 5.75 Å². The summed E-state index contributed by atoms with van der Waals surface area (Å²) in [6.07, 6.45) is 0. The molecule has 0 fully saturated rings. The van der Waals surface area contributed by atoms with Crippen LogP contribution in [0.1, 0.15) is 15.9 Å². The van der Waals surface area contributed by atoms with Gasteiger partial charge < -0.3 is 10.1 Å². The Labute approximate surface area is 117 Å². The summed E-state index contributed by atoms with van der Waals surface area (Å²) >= 11 is 6.00. The first-order chi connectivity index (χ1) is 9.11. The van der Waals surface area contributed by atoms with Crippen molar-refractivity contribution in [1.82, 2.24) is 0 Å². The number of halogens is 1. The maximum absolute atomic E-state index is 12.2. The molecular weight excluding hydrogens is 262 g/mol. The van der Waals surface area contributed by atoms with Crippen molar-refractivity contribution in [2.45, 2.75) is 6.92 Å². The fourth-order valence-electron chi connectivity index (χ4n) is 1.75. The summed E-state index contributed by atoms with van der Waals surface area (Å²) in [5, 5.41) is 3.23. The minimum absolute atomic E-state index is 0.255. The van der Waals surface area contributed by atoms with Gasteiger partial charge in [0.1, 0.15) is 5.75 Å². The summed E-state index contributed by atoms with van der Waals surface area (Å²) in [7, 11) is 1.57. The highest BCUT2D eigenvalue weighted by Gasteiger charge is 2.12. The van der Waals surface area contributed by atoms with E-state index in [-0.39, 0.29) is 5.91 Å². The predicted molar refractivity (Wildman–Crippen MR) is 77.1 cm³/mol. The van der Waals surface area contributed by atoms with Gasteiger partial charge in [-0.3, -0.25) is 4.79 Å². The standard InChI is InChI=1S/C15H14ClNO2/c1-10-7-8-14(19-2)13(9-10)17-15(18)11-5-3-4-6-12(11)16/h3-9H,1-2H3,(H,17,18). The van der Waals surface area contributed by atoms with E-state index in [4.69, 9.17) is 16.3 Å². The molecule has 0 heterocycles. The van der Waals surface area contributed by atoms with E-state index < -0.39 is 0 Å². The lowest BCUT2D eigenvalue weighted by atomic mass is 10.1. The number of nitrogens with one attached hydrogen (secondary N) is 1. The summed E-state index contributed by atoms with van der Waals surface area (Å²) < 4.78 is 5.22. The number of hydrogen-bond donors (Lipinski definition) is 1. The Hall–Kier alpha value is -2.00. The molecule has 0 saturated carbocycles. The van der Waals surface area contributed by atoms with Gasteiger partial charge in [0.25, 0.3) is 5.91 Å². The Morgan fingerprint density at radius 2 is 1.95 bits per heavy atom. The molecule has 1 amide bonds. The van der Waals surface area contributed by atoms with Crippen LogP contribution in [0.25, 0.3) is 0 Å². The molecular formula is C15H14ClNO2. The number of benzene rings is 2. The molecule has 0 aliphatic carbocycles. The Balaban J connectivity index is 2.29. The fraction of sp³-hybridized carbons (Fsp3) is 0.133. The van der Waals surface area contributed by atoms with Gasteiger partial charge in [0.15, 0.2) is 0 Å². The van der Waals surface area contributed by atoms with Crippen LogP contribution in [0.5, 0.6) is 5.75 Å². The van der Waals surface area contributed by atoms with Crippen LogP contribution in [0.2, 0.25) is 5.02 Å². The van der Waals surface area contributed by atoms with E-state index in [9.17, 15) is 4.79 Å². The molecule has 4 heteroatoms. The minimum Gasteiger partial charge on any atom is -0.495 e. The van der Waals surface area contributed by atoms with Crippen molar-refractivity contribution < 1.29 is 9.53 Å². The van der Waals surface area contributed by atoms with E-state index >= 15 is 0 Å². The molecule has 0 aliphatic heterocycles. The van der Waals surface area contributed by atoms with Crippen molar-refractivity contribution in [2.75, 3.05) is 12.4 Å². The maximum Gasteiger partial charge on any atom is 0.257 e. The zero-order chi connectivity index (χ0) is 13.8. The smallest absolute Gasteiger partial charge is 0.257 e. The molecule has 0 aromatic heterocycles. The van der Waals surface area contributed by atoms with Crippen LogP contribution in [0, 0.1) is 6.92 Å². The summed E-state index contributed by atoms with van der Waals surface area (Å²) in [5.41, 5.74) is 2.11. The number of aryl methyl sites for hydroxylation is 1. The number of hydrogen-bond acceptors (Lipinski definition) is 2. The highest BCUT2D eigenvalue weighted by atomic mass is 35.5. The van der Waals surface area contributed by atoms with Crippen LogP contribution in [0.15, 0.2) is 42.5 Å². The second-order valence-electron chi connectivity index (χ2n) is 4.14. The van der Waals surface area contributed by atoms with Crippen molar-refractivity contribution in [1.29, 1.82) is 0 Å². The van der Waals surface area contributed by atoms with Crippen molar-refractivity contribution >= 4 is 23.2 Å². The molecule has 2 aromatic carbocycles. The molecule has 3 nitrogen and oxygen atoms in total. The van der Waals surface area contributed by atoms with E-state index in [0.29, 0.717) is 22.0 Å². The van der Waals surface area contributed by atoms with E-state index in [1.807, 2.05) is 25.1 Å². The Morgan fingerprint density at radius 1 is 1.21 bits per heavy atom. The summed E-state index contributed by atoms with van der Waals surface area (Å²) in [5.74, 6) is 0.362. The molecule has 2 rings (SSSR count). The third-order valence-corrected chi connectivity index (χ3v) is 3.05. The number of amides is 1. The molecule has 0 bridgehead atoms. The SMILES string of the molecule is COc1ccc(C)cc1NC(=O)c1ccccc1Cl. The molecule has 2 aromatic rings. The second kappa shape index (κ2) is 5.76. The number of rotatable bonds is 3. The monoisotopic (exact) mass is 275 g/mol. The van der Waals surface area contributed by atoms with Gasteiger partial charge in [0.2, 0.25) is 0 Å². The molecule has 0 saturated heterocycles. The molecule has 0 unspecified atom stereocenters. The quantitative estimate of drug-likeness (QED) is 0.922. The number of methoxy groups -OCH3 is 1. The van der Waals surface area contributed by atoms with Gasteiger partial charge in [-0.25, -0.2) is 0 Å². The Bertz CT molecular complexity index is 611. The van der Waals surface area contributed by atoms with Gasteiger partial charge in [0, 0.05) is 0 Å². The molecule has 0 aliphatic rings. The summed E-state index contributed by atoms with van der Waals surface area (Å²) in [6, 6.07) is 12.5. The molecule has 0 spiro atoms. The van der Waals surface area contributed by atoms with Crippen LogP contribution in [-0.4, -0.2) is 13.0 Å². The summed E-state index contributed by atoms with van der Waals surface area (Å²) in [4.78, 5) is 12.2. The second-order valence-corrected chi connectivity index (χ2v) is 4.54. The van der Waals surface area contributed by atoms with Gasteiger partial charge in [0.05, 0.1) is 23.4 Å². The van der Waals surface area contributed by atoms with Gasteiger partial charge in [-0.05, 0) is 36.8 Å². The van der Waals surface area contributed by atoms with E-state index in [0.717, 1.165) is 5.56 Å². The van der Waals surface area contributed by atoms with Crippen LogP contribution >= 0.6 is 11.6 Å². The first-order valence-corrected chi connectivity index (χ1v) is 6.20. The highest BCUT2D eigenvalue weighted by molar-refractivity contribution is 6.34. The number of carbonyl (C=O) groups is 1. The third kappa shape index (κ3) is 3.06. The third-order valence-electron chi connectivity index (χ3n) is 2.72. The predicted octanol–water partition coefficient (Wildman–Crippen LogP) is 3.91. The van der Waals surface area contributed by atoms with Gasteiger partial charge >= 0.3 is 0 Å². The Kier molecular flexibility index (Phi) is 4.07. The van der Waals surface area contributed by atoms with E-state index in [1.165, 1.54) is 0 Å². The number of anilines is 1. The largest absolute Gasteiger partial charge is 0.495 e. The summed E-state index contributed by atoms with van der Waals surface area (Å²) in [6.45, 7) is 1.95. The van der Waals surface area contributed by atoms with Crippen LogP contribution in [0.3, 0.4) is 0 Å². The average Bonchev–Trinajstić information content (AvgIpc) is 2.39. The lowest BCUT2D eigenvalue weighted by molar-refractivity contribution is 0.102. The van der Waals surface area contributed by atoms with E-state index in [1.54, 1.807) is 31.4 Å². The molecule has 98 valence electrons. The zero-order valence-electron chi connectivity index (χ0n) is 10.7.